The summed E-state index contributed by atoms with van der Waals surface area (Å²) in [5.74, 6) is -7.97. The van der Waals surface area contributed by atoms with Crippen molar-refractivity contribution in [2.24, 2.45) is 0 Å². The maximum atomic E-state index is 11.1. The number of carboxylic acid groups (broad SMARTS) is 3. The van der Waals surface area contributed by atoms with Crippen molar-refractivity contribution in [3.63, 3.8) is 0 Å². The maximum Gasteiger partial charge on any atom is 0.348 e. The second-order valence-electron chi connectivity index (χ2n) is 3.21. The van der Waals surface area contributed by atoms with Gasteiger partial charge >= 0.3 is 23.9 Å². The molecule has 0 spiro atoms. The summed E-state index contributed by atoms with van der Waals surface area (Å²) >= 11 is 0. The normalized spacial score (nSPS) is 16.8. The zero-order chi connectivity index (χ0) is 15.3. The van der Waals surface area contributed by atoms with Crippen molar-refractivity contribution in [1.29, 1.82) is 0 Å². The molecule has 0 saturated heterocycles. The van der Waals surface area contributed by atoms with E-state index < -0.39 is 48.3 Å². The van der Waals surface area contributed by atoms with Gasteiger partial charge in [0.05, 0.1) is 0 Å². The molecule has 0 aromatic carbocycles. The molecule has 0 aromatic heterocycles. The van der Waals surface area contributed by atoms with Crippen molar-refractivity contribution in [3.8, 4) is 0 Å². The number of carboxylic acids is 3. The summed E-state index contributed by atoms with van der Waals surface area (Å²) in [5.41, 5.74) is 0. The Morgan fingerprint density at radius 1 is 0.684 bits per heavy atom. The third-order valence-electron chi connectivity index (χ3n) is 1.82. The van der Waals surface area contributed by atoms with E-state index >= 15 is 0 Å². The number of aliphatic carboxylic acids is 3. The van der Waals surface area contributed by atoms with Crippen molar-refractivity contribution in [2.75, 3.05) is 0 Å². The van der Waals surface area contributed by atoms with E-state index in [-0.39, 0.29) is 0 Å². The third-order valence-corrected chi connectivity index (χ3v) is 1.82. The maximum absolute atomic E-state index is 11.1. The van der Waals surface area contributed by atoms with Crippen molar-refractivity contribution >= 4 is 23.9 Å². The molecule has 0 saturated carbocycles. The summed E-state index contributed by atoms with van der Waals surface area (Å²) in [7, 11) is 0. The zero-order valence-electron chi connectivity index (χ0n) is 9.03. The number of carbonyl (C=O) groups excluding carboxylic acids is 1. The molecule has 19 heavy (non-hydrogen) atoms. The smallest absolute Gasteiger partial charge is 0.348 e. The summed E-state index contributed by atoms with van der Waals surface area (Å²) < 4.78 is 3.93. The minimum absolute atomic E-state index is 1.91. The molecule has 0 amide bonds. The van der Waals surface area contributed by atoms with E-state index in [1.807, 2.05) is 0 Å². The average molecular weight is 282 g/mol. The van der Waals surface area contributed by atoms with Gasteiger partial charge in [-0.2, -0.15) is 0 Å². The van der Waals surface area contributed by atoms with E-state index in [4.69, 9.17) is 30.6 Å². The minimum Gasteiger partial charge on any atom is -0.479 e. The van der Waals surface area contributed by atoms with Gasteiger partial charge in [-0.25, -0.2) is 19.2 Å². The van der Waals surface area contributed by atoms with Crippen LogP contribution in [0.1, 0.15) is 0 Å². The lowest BCUT2D eigenvalue weighted by Gasteiger charge is -2.19. The predicted octanol–water partition coefficient (Wildman–Crippen LogP) is -3.77. The number of aliphatic hydroxyl groups is 3. The van der Waals surface area contributed by atoms with Crippen LogP contribution in [-0.4, -0.2) is 78.9 Å². The molecule has 108 valence electrons. The summed E-state index contributed by atoms with van der Waals surface area (Å²) in [6.07, 6.45) is -10.4. The molecule has 0 bridgehead atoms. The Hall–Kier alpha value is -2.24. The van der Waals surface area contributed by atoms with Crippen LogP contribution in [-0.2, 0) is 23.9 Å². The Bertz CT molecular complexity index is 388. The molecule has 11 heteroatoms. The van der Waals surface area contributed by atoms with E-state index in [2.05, 4.69) is 4.74 Å². The highest BCUT2D eigenvalue weighted by molar-refractivity contribution is 5.88. The van der Waals surface area contributed by atoms with Crippen molar-refractivity contribution in [3.05, 3.63) is 0 Å². The molecule has 6 N–H and O–H groups in total. The van der Waals surface area contributed by atoms with Crippen molar-refractivity contribution in [1.82, 2.24) is 0 Å². The van der Waals surface area contributed by atoms with Crippen molar-refractivity contribution in [2.45, 2.75) is 24.4 Å². The highest BCUT2D eigenvalue weighted by Gasteiger charge is 2.39. The number of hydrogen-bond acceptors (Lipinski definition) is 8. The van der Waals surface area contributed by atoms with E-state index in [0.29, 0.717) is 0 Å². The van der Waals surface area contributed by atoms with Gasteiger partial charge in [0, 0.05) is 0 Å². The quantitative estimate of drug-likeness (QED) is 0.250. The number of rotatable bonds is 7. The molecule has 0 heterocycles. The van der Waals surface area contributed by atoms with E-state index in [9.17, 15) is 19.2 Å². The number of aliphatic hydroxyl groups excluding tert-OH is 3. The lowest BCUT2D eigenvalue weighted by molar-refractivity contribution is -0.188. The monoisotopic (exact) mass is 282 g/mol. The van der Waals surface area contributed by atoms with Crippen LogP contribution in [0.4, 0.5) is 0 Å². The second kappa shape index (κ2) is 6.63. The summed E-state index contributed by atoms with van der Waals surface area (Å²) in [4.78, 5) is 42.2. The lowest BCUT2D eigenvalue weighted by Crippen LogP contribution is -2.47. The zero-order valence-corrected chi connectivity index (χ0v) is 9.03. The van der Waals surface area contributed by atoms with Gasteiger partial charge in [-0.05, 0) is 0 Å². The van der Waals surface area contributed by atoms with Crippen LogP contribution >= 0.6 is 0 Å². The molecule has 0 aliphatic carbocycles. The predicted molar refractivity (Wildman–Crippen MR) is 50.8 cm³/mol. The fourth-order valence-electron chi connectivity index (χ4n) is 0.838. The molecule has 0 radical (unpaired) electrons. The first kappa shape index (κ1) is 16.8. The minimum atomic E-state index is -2.64. The van der Waals surface area contributed by atoms with Crippen LogP contribution in [0.15, 0.2) is 0 Å². The molecule has 4 atom stereocenters. The highest BCUT2D eigenvalue weighted by Crippen LogP contribution is 2.06. The molecule has 0 aliphatic heterocycles. The second-order valence-corrected chi connectivity index (χ2v) is 3.21. The van der Waals surface area contributed by atoms with E-state index in [1.165, 1.54) is 0 Å². The SMILES string of the molecule is O=C(O)[C@@H](O)[C@H](O)C(=O)O[C@@H](C(=O)O)[C@@H](O)C(=O)O. The molecule has 0 unspecified atom stereocenters. The van der Waals surface area contributed by atoms with Gasteiger partial charge in [-0.15, -0.1) is 0 Å². The molecular weight excluding hydrogens is 272 g/mol. The highest BCUT2D eigenvalue weighted by atomic mass is 16.6. The van der Waals surface area contributed by atoms with Crippen molar-refractivity contribution < 1.29 is 54.6 Å². The molecule has 11 nitrogen and oxygen atoms in total. The molecule has 0 aliphatic rings. The topological polar surface area (TPSA) is 199 Å². The average Bonchev–Trinajstić information content (AvgIpc) is 2.31. The Balaban J connectivity index is 4.87. The fraction of sp³-hybridized carbons (Fsp3) is 0.500. The van der Waals surface area contributed by atoms with Crippen LogP contribution in [0.5, 0.6) is 0 Å². The van der Waals surface area contributed by atoms with E-state index in [0.717, 1.165) is 0 Å². The third kappa shape index (κ3) is 4.50. The van der Waals surface area contributed by atoms with Crippen LogP contribution in [0.2, 0.25) is 0 Å². The van der Waals surface area contributed by atoms with Crippen LogP contribution in [0.25, 0.3) is 0 Å². The molecule has 0 fully saturated rings. The summed E-state index contributed by atoms with van der Waals surface area (Å²) in [5, 5.41) is 51.8. The Morgan fingerprint density at radius 2 is 1.11 bits per heavy atom. The fourth-order valence-corrected chi connectivity index (χ4v) is 0.838. The van der Waals surface area contributed by atoms with Gasteiger partial charge in [-0.3, -0.25) is 0 Å². The van der Waals surface area contributed by atoms with Gasteiger partial charge < -0.3 is 35.4 Å². The van der Waals surface area contributed by atoms with Gasteiger partial charge in [-0.1, -0.05) is 0 Å². The van der Waals surface area contributed by atoms with Crippen LogP contribution in [0, 0.1) is 0 Å². The van der Waals surface area contributed by atoms with Gasteiger partial charge in [0.1, 0.15) is 0 Å². The Morgan fingerprint density at radius 3 is 1.42 bits per heavy atom. The number of esters is 1. The first-order valence-electron chi connectivity index (χ1n) is 4.52. The molecule has 0 rings (SSSR count). The van der Waals surface area contributed by atoms with Gasteiger partial charge in [0.2, 0.25) is 6.10 Å². The molecular formula is C8H10O11. The van der Waals surface area contributed by atoms with Gasteiger partial charge in [0.25, 0.3) is 0 Å². The Kier molecular flexibility index (Phi) is 5.85. The number of hydrogen-bond donors (Lipinski definition) is 6. The number of ether oxygens (including phenoxy) is 1. The first-order valence-corrected chi connectivity index (χ1v) is 4.52. The Labute approximate surface area is 104 Å². The first-order chi connectivity index (χ1) is 8.59. The van der Waals surface area contributed by atoms with Crippen LogP contribution in [0.3, 0.4) is 0 Å². The van der Waals surface area contributed by atoms with Gasteiger partial charge in [0.15, 0.2) is 18.3 Å². The standard InChI is InChI=1S/C8H10O11/c9-1(5(12)13)2(10)8(18)19-4(7(16)17)3(11)6(14)15/h1-4,9-11H,(H,12,13)(H,14,15)(H,16,17)/t1-,2-,3+,4+/m0/s1. The molecule has 0 aromatic rings. The number of carbonyl (C=O) groups is 4. The summed E-state index contributed by atoms with van der Waals surface area (Å²) in [6.45, 7) is 0. The van der Waals surface area contributed by atoms with Crippen LogP contribution < -0.4 is 0 Å². The largest absolute Gasteiger partial charge is 0.479 e. The summed E-state index contributed by atoms with van der Waals surface area (Å²) in [6, 6.07) is 0. The van der Waals surface area contributed by atoms with E-state index in [1.54, 1.807) is 0 Å². The lowest BCUT2D eigenvalue weighted by atomic mass is 10.2.